The normalized spacial score (nSPS) is 24.2. The third kappa shape index (κ3) is 3.97. The summed E-state index contributed by atoms with van der Waals surface area (Å²) in [5, 5.41) is 3.48. The van der Waals surface area contributed by atoms with Crippen molar-refractivity contribution in [3.63, 3.8) is 0 Å². The Morgan fingerprint density at radius 3 is 2.71 bits per heavy atom. The Bertz CT molecular complexity index is 137. The lowest BCUT2D eigenvalue weighted by Crippen LogP contribution is -2.38. The molecule has 1 saturated heterocycles. The van der Waals surface area contributed by atoms with Gasteiger partial charge in [0, 0.05) is 12.6 Å². The molecule has 1 heterocycles. The topological polar surface area (TPSA) is 15.3 Å². The van der Waals surface area contributed by atoms with Gasteiger partial charge in [0.15, 0.2) is 0 Å². The predicted octanol–water partition coefficient (Wildman–Crippen LogP) is 2.11. The molecule has 14 heavy (non-hydrogen) atoms. The largest absolute Gasteiger partial charge is 0.317 e. The molecule has 2 nitrogen and oxygen atoms in total. The lowest BCUT2D eigenvalue weighted by Gasteiger charge is -2.31. The van der Waals surface area contributed by atoms with Gasteiger partial charge < -0.3 is 10.2 Å². The molecule has 0 spiro atoms. The first-order valence-electron chi connectivity index (χ1n) is 6.18. The van der Waals surface area contributed by atoms with Crippen molar-refractivity contribution in [2.45, 2.75) is 46.1 Å². The molecule has 84 valence electrons. The highest BCUT2D eigenvalue weighted by Gasteiger charge is 2.18. The number of hydrogen-bond donors (Lipinski definition) is 1. The van der Waals surface area contributed by atoms with Gasteiger partial charge in [0.25, 0.3) is 0 Å². The zero-order chi connectivity index (χ0) is 10.4. The lowest BCUT2D eigenvalue weighted by atomic mass is 10.1. The molecule has 0 amide bonds. The minimum Gasteiger partial charge on any atom is -0.317 e. The first-order valence-corrected chi connectivity index (χ1v) is 6.18. The monoisotopic (exact) mass is 198 g/mol. The van der Waals surface area contributed by atoms with Gasteiger partial charge in [-0.1, -0.05) is 20.8 Å². The third-order valence-corrected chi connectivity index (χ3v) is 3.07. The minimum atomic E-state index is 0.797. The molecule has 0 radical (unpaired) electrons. The Balaban J connectivity index is 2.40. The summed E-state index contributed by atoms with van der Waals surface area (Å²) < 4.78 is 0. The molecule has 1 aliphatic rings. The Hall–Kier alpha value is -0.0800. The van der Waals surface area contributed by atoms with Crippen LogP contribution in [0.5, 0.6) is 0 Å². The molecule has 1 N–H and O–H groups in total. The van der Waals surface area contributed by atoms with Gasteiger partial charge in [0.05, 0.1) is 0 Å². The van der Waals surface area contributed by atoms with Gasteiger partial charge in [0.2, 0.25) is 0 Å². The van der Waals surface area contributed by atoms with Gasteiger partial charge in [-0.2, -0.15) is 0 Å². The van der Waals surface area contributed by atoms with Crippen LogP contribution in [0.4, 0.5) is 0 Å². The van der Waals surface area contributed by atoms with Crippen LogP contribution in [-0.4, -0.2) is 37.1 Å². The fourth-order valence-electron chi connectivity index (χ4n) is 2.37. The molecule has 1 aliphatic heterocycles. The Morgan fingerprint density at radius 1 is 1.29 bits per heavy atom. The second-order valence-electron chi connectivity index (χ2n) is 4.82. The maximum atomic E-state index is 3.48. The quantitative estimate of drug-likeness (QED) is 0.744. The Kier molecular flexibility index (Phi) is 5.49. The Labute approximate surface area is 89.1 Å². The molecule has 2 heteroatoms. The number of hydrogen-bond acceptors (Lipinski definition) is 2. The fraction of sp³-hybridized carbons (Fsp3) is 1.00. The zero-order valence-electron chi connectivity index (χ0n) is 10.1. The summed E-state index contributed by atoms with van der Waals surface area (Å²) in [5.41, 5.74) is 0. The van der Waals surface area contributed by atoms with Crippen molar-refractivity contribution in [1.29, 1.82) is 0 Å². The van der Waals surface area contributed by atoms with Crippen molar-refractivity contribution >= 4 is 0 Å². The van der Waals surface area contributed by atoms with Crippen LogP contribution >= 0.6 is 0 Å². The van der Waals surface area contributed by atoms with Crippen LogP contribution in [0.15, 0.2) is 0 Å². The van der Waals surface area contributed by atoms with Gasteiger partial charge in [0.1, 0.15) is 0 Å². The van der Waals surface area contributed by atoms with Crippen LogP contribution in [-0.2, 0) is 0 Å². The van der Waals surface area contributed by atoms with E-state index in [9.17, 15) is 0 Å². The average molecular weight is 198 g/mol. The minimum absolute atomic E-state index is 0.797. The third-order valence-electron chi connectivity index (χ3n) is 3.07. The van der Waals surface area contributed by atoms with E-state index in [-0.39, 0.29) is 0 Å². The standard InChI is InChI=1S/C12H26N2/c1-4-14(10-11(2)3)12-6-5-8-13-9-7-12/h11-13H,4-10H2,1-3H3. The highest BCUT2D eigenvalue weighted by Crippen LogP contribution is 2.14. The van der Waals surface area contributed by atoms with E-state index in [1.54, 1.807) is 0 Å². The SMILES string of the molecule is CCN(CC(C)C)C1CCCNCC1. The molecule has 0 aromatic carbocycles. The molecule has 1 atom stereocenters. The molecule has 0 aliphatic carbocycles. The van der Waals surface area contributed by atoms with Crippen molar-refractivity contribution in [3.05, 3.63) is 0 Å². The van der Waals surface area contributed by atoms with E-state index in [1.807, 2.05) is 0 Å². The Morgan fingerprint density at radius 2 is 2.07 bits per heavy atom. The summed E-state index contributed by atoms with van der Waals surface area (Å²) in [4.78, 5) is 2.66. The summed E-state index contributed by atoms with van der Waals surface area (Å²) in [6, 6.07) is 0.831. The van der Waals surface area contributed by atoms with Gasteiger partial charge >= 0.3 is 0 Å². The summed E-state index contributed by atoms with van der Waals surface area (Å²) >= 11 is 0. The first kappa shape index (κ1) is 12.0. The predicted molar refractivity (Wildman–Crippen MR) is 62.6 cm³/mol. The molecular weight excluding hydrogens is 172 g/mol. The molecule has 0 aromatic rings. The fourth-order valence-corrected chi connectivity index (χ4v) is 2.37. The number of nitrogens with zero attached hydrogens (tertiary/aromatic N) is 1. The molecule has 1 rings (SSSR count). The maximum Gasteiger partial charge on any atom is 0.0108 e. The van der Waals surface area contributed by atoms with Crippen LogP contribution < -0.4 is 5.32 Å². The average Bonchev–Trinajstić information content (AvgIpc) is 2.41. The van der Waals surface area contributed by atoms with Gasteiger partial charge in [-0.05, 0) is 44.8 Å². The summed E-state index contributed by atoms with van der Waals surface area (Å²) in [7, 11) is 0. The van der Waals surface area contributed by atoms with Gasteiger partial charge in [-0.15, -0.1) is 0 Å². The van der Waals surface area contributed by atoms with Crippen molar-refractivity contribution in [1.82, 2.24) is 10.2 Å². The molecule has 0 aromatic heterocycles. The van der Waals surface area contributed by atoms with E-state index in [0.29, 0.717) is 0 Å². The van der Waals surface area contributed by atoms with Crippen LogP contribution in [0.3, 0.4) is 0 Å². The van der Waals surface area contributed by atoms with E-state index in [4.69, 9.17) is 0 Å². The molecule has 1 fully saturated rings. The number of rotatable bonds is 4. The second-order valence-corrected chi connectivity index (χ2v) is 4.82. The van der Waals surface area contributed by atoms with E-state index >= 15 is 0 Å². The summed E-state index contributed by atoms with van der Waals surface area (Å²) in [5.74, 6) is 0.797. The van der Waals surface area contributed by atoms with Gasteiger partial charge in [-0.3, -0.25) is 0 Å². The molecular formula is C12H26N2. The van der Waals surface area contributed by atoms with Crippen molar-refractivity contribution < 1.29 is 0 Å². The highest BCUT2D eigenvalue weighted by atomic mass is 15.2. The van der Waals surface area contributed by atoms with Crippen LogP contribution in [0.1, 0.15) is 40.0 Å². The molecule has 1 unspecified atom stereocenters. The van der Waals surface area contributed by atoms with Crippen LogP contribution in [0.2, 0.25) is 0 Å². The lowest BCUT2D eigenvalue weighted by molar-refractivity contribution is 0.171. The van der Waals surface area contributed by atoms with Crippen LogP contribution in [0.25, 0.3) is 0 Å². The van der Waals surface area contributed by atoms with E-state index in [0.717, 1.165) is 12.0 Å². The van der Waals surface area contributed by atoms with Crippen molar-refractivity contribution in [2.75, 3.05) is 26.2 Å². The van der Waals surface area contributed by atoms with Crippen LogP contribution in [0, 0.1) is 5.92 Å². The van der Waals surface area contributed by atoms with Gasteiger partial charge in [-0.25, -0.2) is 0 Å². The molecule has 0 bridgehead atoms. The summed E-state index contributed by atoms with van der Waals surface area (Å²) in [6.45, 7) is 11.8. The zero-order valence-corrected chi connectivity index (χ0v) is 10.1. The summed E-state index contributed by atoms with van der Waals surface area (Å²) in [6.07, 6.45) is 4.06. The molecule has 0 saturated carbocycles. The smallest absolute Gasteiger partial charge is 0.0108 e. The first-order chi connectivity index (χ1) is 6.74. The van der Waals surface area contributed by atoms with E-state index in [1.165, 1.54) is 45.4 Å². The highest BCUT2D eigenvalue weighted by molar-refractivity contribution is 4.76. The van der Waals surface area contributed by atoms with Crippen molar-refractivity contribution in [3.8, 4) is 0 Å². The number of nitrogens with one attached hydrogen (secondary N) is 1. The van der Waals surface area contributed by atoms with E-state index in [2.05, 4.69) is 31.0 Å². The van der Waals surface area contributed by atoms with Crippen molar-refractivity contribution in [2.24, 2.45) is 5.92 Å². The van der Waals surface area contributed by atoms with E-state index < -0.39 is 0 Å². The maximum absolute atomic E-state index is 3.48. The second kappa shape index (κ2) is 6.41.